The number of fused-ring (bicyclic) bond motifs is 1. The number of ether oxygens (including phenoxy) is 1. The lowest BCUT2D eigenvalue weighted by atomic mass is 9.97. The van der Waals surface area contributed by atoms with Crippen molar-refractivity contribution in [1.29, 1.82) is 0 Å². The molecule has 2 heterocycles. The number of esters is 1. The summed E-state index contributed by atoms with van der Waals surface area (Å²) in [5.41, 5.74) is 6.68. The van der Waals surface area contributed by atoms with E-state index in [9.17, 15) is 14.9 Å². The molecule has 0 amide bonds. The number of rotatable bonds is 4. The van der Waals surface area contributed by atoms with Crippen LogP contribution in [0.2, 0.25) is 0 Å². The molecule has 0 radical (unpaired) electrons. The molecule has 0 aliphatic carbocycles. The lowest BCUT2D eigenvalue weighted by Gasteiger charge is -2.27. The van der Waals surface area contributed by atoms with Crippen molar-refractivity contribution in [1.82, 2.24) is 14.8 Å². The number of aromatic nitrogens is 3. The lowest BCUT2D eigenvalue weighted by Crippen LogP contribution is -2.33. The molecule has 0 spiro atoms. The number of nitrogens with two attached hydrogens (primary N) is 1. The van der Waals surface area contributed by atoms with Crippen LogP contribution in [0.3, 0.4) is 0 Å². The molecule has 1 aliphatic rings. The summed E-state index contributed by atoms with van der Waals surface area (Å²) in [6.07, 6.45) is 1.32. The molecule has 124 valence electrons. The van der Waals surface area contributed by atoms with Crippen LogP contribution in [0.15, 0.2) is 42.0 Å². The Kier molecular flexibility index (Phi) is 3.86. The summed E-state index contributed by atoms with van der Waals surface area (Å²) in [7, 11) is 0. The number of hydrogen-bond acceptors (Lipinski definition) is 8. The van der Waals surface area contributed by atoms with E-state index in [1.54, 1.807) is 19.1 Å². The van der Waals surface area contributed by atoms with Gasteiger partial charge in [0, 0.05) is 12.1 Å². The fraction of sp³-hybridized carbons (Fsp3) is 0.214. The first kappa shape index (κ1) is 15.5. The van der Waals surface area contributed by atoms with Crippen molar-refractivity contribution >= 4 is 17.6 Å². The van der Waals surface area contributed by atoms with Gasteiger partial charge in [-0.05, 0) is 24.6 Å². The van der Waals surface area contributed by atoms with Crippen molar-refractivity contribution in [2.24, 2.45) is 5.73 Å². The molecule has 2 aromatic rings. The summed E-state index contributed by atoms with van der Waals surface area (Å²) in [5.74, 6) is -0.117. The number of hydrogen-bond donors (Lipinski definition) is 2. The molecule has 3 N–H and O–H groups in total. The van der Waals surface area contributed by atoms with E-state index in [0.717, 1.165) is 0 Å². The second-order valence-corrected chi connectivity index (χ2v) is 4.95. The van der Waals surface area contributed by atoms with E-state index in [1.807, 2.05) is 0 Å². The fourth-order valence-electron chi connectivity index (χ4n) is 2.50. The summed E-state index contributed by atoms with van der Waals surface area (Å²) < 4.78 is 6.55. The second-order valence-electron chi connectivity index (χ2n) is 4.95. The minimum absolute atomic E-state index is 0.0545. The van der Waals surface area contributed by atoms with E-state index in [2.05, 4.69) is 15.4 Å². The molecule has 1 aromatic carbocycles. The van der Waals surface area contributed by atoms with Crippen molar-refractivity contribution in [3.8, 4) is 0 Å². The molecule has 0 saturated carbocycles. The highest BCUT2D eigenvalue weighted by atomic mass is 16.6. The predicted octanol–water partition coefficient (Wildman–Crippen LogP) is 0.935. The Morgan fingerprint density at radius 2 is 2.17 bits per heavy atom. The van der Waals surface area contributed by atoms with Gasteiger partial charge in [-0.25, -0.2) is 9.48 Å². The summed E-state index contributed by atoms with van der Waals surface area (Å²) in [6, 6.07) is 5.11. The Labute approximate surface area is 136 Å². The Hall–Kier alpha value is -3.43. The van der Waals surface area contributed by atoms with Gasteiger partial charge in [-0.2, -0.15) is 10.1 Å². The molecule has 1 atom stereocenters. The lowest BCUT2D eigenvalue weighted by molar-refractivity contribution is -0.384. The van der Waals surface area contributed by atoms with Crippen LogP contribution >= 0.6 is 0 Å². The minimum atomic E-state index is -0.691. The highest BCUT2D eigenvalue weighted by molar-refractivity contribution is 5.92. The normalized spacial score (nSPS) is 16.3. The second kappa shape index (κ2) is 5.99. The predicted molar refractivity (Wildman–Crippen MR) is 82.7 cm³/mol. The van der Waals surface area contributed by atoms with Crippen LogP contribution in [-0.4, -0.2) is 32.3 Å². The van der Waals surface area contributed by atoms with Gasteiger partial charge >= 0.3 is 5.97 Å². The topological polar surface area (TPSA) is 138 Å². The third-order valence-electron chi connectivity index (χ3n) is 3.54. The van der Waals surface area contributed by atoms with Gasteiger partial charge < -0.3 is 15.8 Å². The van der Waals surface area contributed by atoms with Crippen molar-refractivity contribution in [3.63, 3.8) is 0 Å². The molecule has 0 bridgehead atoms. The number of nitro benzene ring substituents is 1. The molecule has 1 aromatic heterocycles. The fourth-order valence-corrected chi connectivity index (χ4v) is 2.50. The molecule has 1 aliphatic heterocycles. The highest BCUT2D eigenvalue weighted by Crippen LogP contribution is 2.34. The van der Waals surface area contributed by atoms with Crippen LogP contribution in [0.25, 0.3) is 0 Å². The van der Waals surface area contributed by atoms with Crippen LogP contribution in [0.5, 0.6) is 0 Å². The molecule has 1 unspecified atom stereocenters. The number of carbonyl (C=O) groups is 1. The molecule has 10 nitrogen and oxygen atoms in total. The number of nitrogens with zero attached hydrogens (tertiary/aromatic N) is 4. The first-order valence-corrected chi connectivity index (χ1v) is 7.10. The summed E-state index contributed by atoms with van der Waals surface area (Å²) >= 11 is 0. The zero-order valence-corrected chi connectivity index (χ0v) is 12.7. The van der Waals surface area contributed by atoms with E-state index in [0.29, 0.717) is 11.5 Å². The Morgan fingerprint density at radius 1 is 1.46 bits per heavy atom. The van der Waals surface area contributed by atoms with Crippen molar-refractivity contribution in [2.45, 2.75) is 13.0 Å². The average Bonchev–Trinajstić information content (AvgIpc) is 3.01. The zero-order chi connectivity index (χ0) is 17.3. The number of anilines is 1. The van der Waals surface area contributed by atoms with Gasteiger partial charge in [0.15, 0.2) is 0 Å². The number of carbonyl (C=O) groups excluding carboxylic acids is 1. The minimum Gasteiger partial charge on any atom is -0.462 e. The zero-order valence-electron chi connectivity index (χ0n) is 12.7. The number of nitrogens with one attached hydrogen (secondary N) is 1. The third kappa shape index (κ3) is 2.53. The molecule has 0 fully saturated rings. The van der Waals surface area contributed by atoms with Crippen LogP contribution in [0.1, 0.15) is 18.5 Å². The van der Waals surface area contributed by atoms with E-state index >= 15 is 0 Å². The Morgan fingerprint density at radius 3 is 2.79 bits per heavy atom. The van der Waals surface area contributed by atoms with Crippen LogP contribution in [-0.2, 0) is 9.53 Å². The summed E-state index contributed by atoms with van der Waals surface area (Å²) in [6.45, 7) is 1.87. The summed E-state index contributed by atoms with van der Waals surface area (Å²) in [5, 5.41) is 17.7. The van der Waals surface area contributed by atoms with E-state index < -0.39 is 16.9 Å². The Balaban J connectivity index is 2.10. The molecular formula is C14H14N6O4. The van der Waals surface area contributed by atoms with Crippen molar-refractivity contribution in [2.75, 3.05) is 11.9 Å². The quantitative estimate of drug-likeness (QED) is 0.479. The molecule has 0 saturated heterocycles. The molecule has 3 rings (SSSR count). The first-order chi connectivity index (χ1) is 11.5. The number of nitro groups is 1. The maximum Gasteiger partial charge on any atom is 0.340 e. The van der Waals surface area contributed by atoms with Gasteiger partial charge in [0.05, 0.1) is 11.5 Å². The van der Waals surface area contributed by atoms with E-state index in [1.165, 1.54) is 23.1 Å². The van der Waals surface area contributed by atoms with Gasteiger partial charge in [0.2, 0.25) is 5.95 Å². The monoisotopic (exact) mass is 330 g/mol. The van der Waals surface area contributed by atoms with Crippen LogP contribution in [0, 0.1) is 10.1 Å². The van der Waals surface area contributed by atoms with Crippen LogP contribution in [0.4, 0.5) is 11.6 Å². The summed E-state index contributed by atoms with van der Waals surface area (Å²) in [4.78, 5) is 26.7. The van der Waals surface area contributed by atoms with Crippen molar-refractivity contribution < 1.29 is 14.5 Å². The SMILES string of the molecule is CCOC(=O)C1=C(N)Nc2ncnn2C1c1ccc([N+](=O)[O-])cc1. The smallest absolute Gasteiger partial charge is 0.340 e. The number of benzene rings is 1. The Bertz CT molecular complexity index is 826. The van der Waals surface area contributed by atoms with E-state index in [-0.39, 0.29) is 23.7 Å². The van der Waals surface area contributed by atoms with Crippen LogP contribution < -0.4 is 11.1 Å². The largest absolute Gasteiger partial charge is 0.462 e. The standard InChI is InChI=1S/C14H14N6O4/c1-2-24-13(21)10-11(8-3-5-9(6-4-8)20(22)23)19-14(16-7-17-19)18-12(10)15/h3-7,11H,2,15H2,1H3,(H,16,17,18). The maximum absolute atomic E-state index is 12.3. The maximum atomic E-state index is 12.3. The van der Waals surface area contributed by atoms with Crippen molar-refractivity contribution in [3.05, 3.63) is 57.7 Å². The molecule has 10 heteroatoms. The highest BCUT2D eigenvalue weighted by Gasteiger charge is 2.35. The van der Waals surface area contributed by atoms with E-state index in [4.69, 9.17) is 10.5 Å². The van der Waals surface area contributed by atoms with Gasteiger partial charge in [0.1, 0.15) is 23.8 Å². The van der Waals surface area contributed by atoms with Gasteiger partial charge in [-0.15, -0.1) is 0 Å². The molecular weight excluding hydrogens is 316 g/mol. The van der Waals surface area contributed by atoms with Gasteiger partial charge in [-0.1, -0.05) is 0 Å². The molecule has 24 heavy (non-hydrogen) atoms. The third-order valence-corrected chi connectivity index (χ3v) is 3.54. The first-order valence-electron chi connectivity index (χ1n) is 7.10. The van der Waals surface area contributed by atoms with Gasteiger partial charge in [-0.3, -0.25) is 10.1 Å². The van der Waals surface area contributed by atoms with Gasteiger partial charge in [0.25, 0.3) is 5.69 Å². The average molecular weight is 330 g/mol. The number of non-ortho nitro benzene ring substituents is 1.